The Kier molecular flexibility index (Phi) is 12.1. The number of aliphatic imine (C=N–C) groups is 1. The molecule has 0 radical (unpaired) electrons. The molecule has 0 saturated carbocycles. The predicted molar refractivity (Wildman–Crippen MR) is 142 cm³/mol. The second-order valence-electron chi connectivity index (χ2n) is 8.96. The van der Waals surface area contributed by atoms with Crippen molar-refractivity contribution in [3.05, 3.63) is 29.8 Å². The minimum absolute atomic E-state index is 0. The van der Waals surface area contributed by atoms with Crippen LogP contribution in [0.1, 0.15) is 38.3 Å². The Balaban J connectivity index is 0.00000363. The molecule has 0 spiro atoms. The monoisotopic (exact) mass is 559 g/mol. The lowest BCUT2D eigenvalue weighted by Gasteiger charge is -2.35. The number of hydrogen-bond donors (Lipinski definition) is 2. The van der Waals surface area contributed by atoms with Gasteiger partial charge >= 0.3 is 0 Å². The van der Waals surface area contributed by atoms with E-state index in [1.165, 1.54) is 31.5 Å². The average molecular weight is 560 g/mol. The van der Waals surface area contributed by atoms with Gasteiger partial charge in [-0.05, 0) is 43.0 Å². The molecule has 1 unspecified atom stereocenters. The first-order valence-electron chi connectivity index (χ1n) is 11.7. The van der Waals surface area contributed by atoms with Gasteiger partial charge in [-0.25, -0.2) is 0 Å². The van der Waals surface area contributed by atoms with Gasteiger partial charge in [0.25, 0.3) is 0 Å². The highest BCUT2D eigenvalue weighted by atomic mass is 127. The van der Waals surface area contributed by atoms with Crippen LogP contribution in [0.25, 0.3) is 0 Å². The van der Waals surface area contributed by atoms with E-state index in [1.807, 2.05) is 19.2 Å². The smallest absolute Gasteiger partial charge is 0.191 e. The summed E-state index contributed by atoms with van der Waals surface area (Å²) in [5.41, 5.74) is 1.28. The van der Waals surface area contributed by atoms with Crippen LogP contribution >= 0.6 is 24.0 Å². The van der Waals surface area contributed by atoms with Crippen LogP contribution in [0.3, 0.4) is 0 Å². The Morgan fingerprint density at radius 2 is 1.88 bits per heavy atom. The maximum atomic E-state index is 5.58. The van der Waals surface area contributed by atoms with Crippen LogP contribution in [0.2, 0.25) is 0 Å². The van der Waals surface area contributed by atoms with Gasteiger partial charge < -0.3 is 20.1 Å². The summed E-state index contributed by atoms with van der Waals surface area (Å²) in [5.74, 6) is 2.47. The molecule has 7 nitrogen and oxygen atoms in total. The van der Waals surface area contributed by atoms with E-state index in [2.05, 4.69) is 51.4 Å². The number of hydrogen-bond acceptors (Lipinski definition) is 5. The molecule has 1 aromatic carbocycles. The van der Waals surface area contributed by atoms with Crippen molar-refractivity contribution in [2.24, 2.45) is 10.9 Å². The summed E-state index contributed by atoms with van der Waals surface area (Å²) in [7, 11) is 3.56. The topological polar surface area (TPSA) is 61.4 Å². The lowest BCUT2D eigenvalue weighted by Crippen LogP contribution is -2.48. The largest absolute Gasteiger partial charge is 0.497 e. The third-order valence-electron chi connectivity index (χ3n) is 6.28. The van der Waals surface area contributed by atoms with E-state index in [-0.39, 0.29) is 30.0 Å². The molecule has 2 fully saturated rings. The predicted octanol–water partition coefficient (Wildman–Crippen LogP) is 2.97. The van der Waals surface area contributed by atoms with Crippen molar-refractivity contribution in [3.8, 4) is 5.75 Å². The van der Waals surface area contributed by atoms with Crippen molar-refractivity contribution in [1.29, 1.82) is 0 Å². The number of methoxy groups -OCH3 is 1. The molecular weight excluding hydrogens is 517 g/mol. The Bertz CT molecular complexity index is 679. The molecule has 3 rings (SSSR count). The summed E-state index contributed by atoms with van der Waals surface area (Å²) in [6, 6.07) is 9.27. The van der Waals surface area contributed by atoms with E-state index in [1.54, 1.807) is 7.11 Å². The maximum absolute atomic E-state index is 5.58. The fraction of sp³-hybridized carbons (Fsp3) is 0.708. The van der Waals surface area contributed by atoms with Crippen LogP contribution in [0.4, 0.5) is 0 Å². The third-order valence-corrected chi connectivity index (χ3v) is 6.28. The van der Waals surface area contributed by atoms with Crippen molar-refractivity contribution >= 4 is 29.9 Å². The number of nitrogens with one attached hydrogen (secondary N) is 2. The van der Waals surface area contributed by atoms with Crippen LogP contribution in [0.15, 0.2) is 29.3 Å². The van der Waals surface area contributed by atoms with Gasteiger partial charge in [-0.2, -0.15) is 0 Å². The summed E-state index contributed by atoms with van der Waals surface area (Å²) < 4.78 is 10.9. The molecule has 2 aliphatic rings. The molecule has 32 heavy (non-hydrogen) atoms. The van der Waals surface area contributed by atoms with Gasteiger partial charge in [-0.3, -0.25) is 14.8 Å². The number of likely N-dealkylation sites (tertiary alicyclic amines) is 1. The van der Waals surface area contributed by atoms with Gasteiger partial charge in [0.15, 0.2) is 5.96 Å². The zero-order valence-electron chi connectivity index (χ0n) is 20.2. The van der Waals surface area contributed by atoms with Crippen molar-refractivity contribution < 1.29 is 9.47 Å². The van der Waals surface area contributed by atoms with Gasteiger partial charge in [-0.1, -0.05) is 26.0 Å². The highest BCUT2D eigenvalue weighted by Crippen LogP contribution is 2.24. The normalized spacial score (nSPS) is 21.3. The molecule has 0 aliphatic carbocycles. The van der Waals surface area contributed by atoms with Gasteiger partial charge in [0.2, 0.25) is 0 Å². The Morgan fingerprint density at radius 3 is 2.50 bits per heavy atom. The molecule has 2 N–H and O–H groups in total. The summed E-state index contributed by atoms with van der Waals surface area (Å²) in [5, 5.41) is 7.16. The highest BCUT2D eigenvalue weighted by molar-refractivity contribution is 14.0. The summed E-state index contributed by atoms with van der Waals surface area (Å²) in [4.78, 5) is 9.60. The quantitative estimate of drug-likeness (QED) is 0.276. The molecule has 2 heterocycles. The average Bonchev–Trinajstić information content (AvgIpc) is 3.23. The minimum atomic E-state index is 0. The lowest BCUT2D eigenvalue weighted by atomic mass is 10.0. The number of morpholine rings is 1. The number of benzene rings is 1. The van der Waals surface area contributed by atoms with Crippen LogP contribution in [0.5, 0.6) is 5.75 Å². The van der Waals surface area contributed by atoms with Crippen LogP contribution in [-0.4, -0.2) is 88.4 Å². The van der Waals surface area contributed by atoms with E-state index in [0.717, 1.165) is 51.1 Å². The lowest BCUT2D eigenvalue weighted by molar-refractivity contribution is 0.0170. The maximum Gasteiger partial charge on any atom is 0.191 e. The van der Waals surface area contributed by atoms with E-state index in [0.29, 0.717) is 12.0 Å². The third kappa shape index (κ3) is 8.04. The fourth-order valence-electron chi connectivity index (χ4n) is 4.64. The van der Waals surface area contributed by atoms with E-state index in [9.17, 15) is 0 Å². The molecule has 2 saturated heterocycles. The first-order valence-corrected chi connectivity index (χ1v) is 11.7. The molecule has 182 valence electrons. The minimum Gasteiger partial charge on any atom is -0.497 e. The standard InChI is InChI=1S/C24H41N5O2.HI/c1-19(2)18-29-11-5-6-21(29)16-26-24(25-3)27-17-23(28-12-14-31-15-13-28)20-7-9-22(30-4)10-8-20;/h7-10,19,21,23H,5-6,11-18H2,1-4H3,(H2,25,26,27);1H/t21-,23?;/m1./s1. The highest BCUT2D eigenvalue weighted by Gasteiger charge is 2.26. The van der Waals surface area contributed by atoms with Crippen molar-refractivity contribution in [3.63, 3.8) is 0 Å². The second-order valence-corrected chi connectivity index (χ2v) is 8.96. The van der Waals surface area contributed by atoms with Crippen LogP contribution in [0, 0.1) is 5.92 Å². The summed E-state index contributed by atoms with van der Waals surface area (Å²) in [6.45, 7) is 12.2. The molecule has 2 aliphatic heterocycles. The summed E-state index contributed by atoms with van der Waals surface area (Å²) in [6.07, 6.45) is 2.56. The van der Waals surface area contributed by atoms with Crippen molar-refractivity contribution in [2.75, 3.05) is 66.6 Å². The molecule has 1 aromatic rings. The van der Waals surface area contributed by atoms with Crippen molar-refractivity contribution in [1.82, 2.24) is 20.4 Å². The molecule has 2 atom stereocenters. The number of guanidine groups is 1. The van der Waals surface area contributed by atoms with E-state index in [4.69, 9.17) is 9.47 Å². The van der Waals surface area contributed by atoms with Crippen molar-refractivity contribution in [2.45, 2.75) is 38.8 Å². The fourth-order valence-corrected chi connectivity index (χ4v) is 4.64. The van der Waals surface area contributed by atoms with Gasteiger partial charge in [-0.15, -0.1) is 24.0 Å². The SMILES string of the molecule is CN=C(NCC(c1ccc(OC)cc1)N1CCOCC1)NC[C@H]1CCCN1CC(C)C.I. The van der Waals surface area contributed by atoms with Gasteiger partial charge in [0, 0.05) is 45.8 Å². The molecule has 0 amide bonds. The first kappa shape index (κ1) is 27.1. The van der Waals surface area contributed by atoms with Gasteiger partial charge in [0.05, 0.1) is 26.4 Å². The van der Waals surface area contributed by atoms with E-state index >= 15 is 0 Å². The molecule has 0 bridgehead atoms. The van der Waals surface area contributed by atoms with E-state index < -0.39 is 0 Å². The Labute approximate surface area is 211 Å². The molecule has 0 aromatic heterocycles. The van der Waals surface area contributed by atoms with Crippen LogP contribution < -0.4 is 15.4 Å². The first-order chi connectivity index (χ1) is 15.1. The number of rotatable bonds is 9. The van der Waals surface area contributed by atoms with Crippen LogP contribution in [-0.2, 0) is 4.74 Å². The Hall–Kier alpha value is -1.10. The Morgan fingerprint density at radius 1 is 1.16 bits per heavy atom. The second kappa shape index (κ2) is 14.2. The molecule has 8 heteroatoms. The molecular formula is C24H42IN5O2. The summed E-state index contributed by atoms with van der Waals surface area (Å²) >= 11 is 0. The number of nitrogens with zero attached hydrogens (tertiary/aromatic N) is 3. The van der Waals surface area contributed by atoms with Gasteiger partial charge in [0.1, 0.15) is 5.75 Å². The zero-order chi connectivity index (χ0) is 22.1. The number of ether oxygens (including phenoxy) is 2. The number of halogens is 1. The zero-order valence-corrected chi connectivity index (χ0v) is 22.5.